The Morgan fingerprint density at radius 2 is 0.862 bits per heavy atom. The fraction of sp³-hybridized carbons (Fsp3) is 0. The Labute approximate surface area is 341 Å². The SMILES string of the molecule is c1ccc(-c2ccc(B3c4oc5ccccc5c4B(c4ccc(N5c6ccccc6Sc6ccccc65)cc4)c4oc5ccccc5c43)cc2-c2ccccc2)cc1. The number of benzene rings is 8. The molecule has 0 spiro atoms. The number of hydrogen-bond acceptors (Lipinski definition) is 4. The molecule has 0 unspecified atom stereocenters. The van der Waals surface area contributed by atoms with Crippen molar-refractivity contribution in [1.82, 2.24) is 0 Å². The zero-order valence-electron chi connectivity index (χ0n) is 31.4. The van der Waals surface area contributed by atoms with Gasteiger partial charge in [0, 0.05) is 26.3 Å². The minimum atomic E-state index is -0.192. The number of nitrogens with zero attached hydrogens (tertiary/aromatic N) is 1. The molecule has 2 aliphatic rings. The lowest BCUT2D eigenvalue weighted by molar-refractivity contribution is 0.647. The van der Waals surface area contributed by atoms with Gasteiger partial charge in [0.1, 0.15) is 11.2 Å². The molecule has 4 heterocycles. The molecule has 0 amide bonds. The van der Waals surface area contributed by atoms with Crippen LogP contribution in [0.1, 0.15) is 0 Å². The number of para-hydroxylation sites is 4. The summed E-state index contributed by atoms with van der Waals surface area (Å²) < 4.78 is 14.2. The Morgan fingerprint density at radius 3 is 1.45 bits per heavy atom. The average molecular weight is 758 g/mol. The highest BCUT2D eigenvalue weighted by Crippen LogP contribution is 2.51. The van der Waals surface area contributed by atoms with E-state index in [1.807, 2.05) is 11.8 Å². The van der Waals surface area contributed by atoms with Gasteiger partial charge in [-0.1, -0.05) is 174 Å². The molecule has 0 bridgehead atoms. The molecule has 0 aliphatic carbocycles. The van der Waals surface area contributed by atoms with Gasteiger partial charge in [-0.15, -0.1) is 0 Å². The van der Waals surface area contributed by atoms with E-state index in [2.05, 4.69) is 205 Å². The highest BCUT2D eigenvalue weighted by atomic mass is 32.2. The molecule has 0 N–H and O–H groups in total. The van der Waals surface area contributed by atoms with Crippen LogP contribution >= 0.6 is 11.8 Å². The summed E-state index contributed by atoms with van der Waals surface area (Å²) in [5, 5.41) is 2.23. The molecule has 0 saturated carbocycles. The molecule has 2 aromatic heterocycles. The zero-order valence-corrected chi connectivity index (χ0v) is 32.2. The van der Waals surface area contributed by atoms with Crippen molar-refractivity contribution in [3.05, 3.63) is 200 Å². The van der Waals surface area contributed by atoms with E-state index in [4.69, 9.17) is 8.83 Å². The van der Waals surface area contributed by atoms with Crippen molar-refractivity contribution in [2.75, 3.05) is 4.90 Å². The van der Waals surface area contributed by atoms with Gasteiger partial charge in [-0.05, 0) is 81.7 Å². The van der Waals surface area contributed by atoms with Gasteiger partial charge in [-0.2, -0.15) is 0 Å². The second kappa shape index (κ2) is 13.4. The lowest BCUT2D eigenvalue weighted by atomic mass is 9.24. The molecule has 6 heteroatoms. The average Bonchev–Trinajstić information content (AvgIpc) is 3.87. The van der Waals surface area contributed by atoms with E-state index in [0.717, 1.165) is 44.4 Å². The maximum absolute atomic E-state index is 7.09. The molecule has 8 aromatic carbocycles. The summed E-state index contributed by atoms with van der Waals surface area (Å²) in [4.78, 5) is 4.88. The maximum atomic E-state index is 7.09. The van der Waals surface area contributed by atoms with Crippen LogP contribution in [0, 0.1) is 0 Å². The quantitative estimate of drug-likeness (QED) is 0.164. The predicted molar refractivity (Wildman–Crippen MR) is 244 cm³/mol. The molecular weight excluding hydrogens is 724 g/mol. The Balaban J connectivity index is 1.07. The van der Waals surface area contributed by atoms with Gasteiger partial charge < -0.3 is 13.7 Å². The monoisotopic (exact) mass is 757 g/mol. The third-order valence-corrected chi connectivity index (χ3v) is 13.0. The first-order valence-corrected chi connectivity index (χ1v) is 20.6. The molecule has 0 fully saturated rings. The topological polar surface area (TPSA) is 29.5 Å². The van der Waals surface area contributed by atoms with Gasteiger partial charge in [0.05, 0.1) is 22.7 Å². The lowest BCUT2D eigenvalue weighted by Gasteiger charge is -2.33. The first-order valence-electron chi connectivity index (χ1n) is 19.8. The van der Waals surface area contributed by atoms with Gasteiger partial charge in [0.15, 0.2) is 0 Å². The summed E-state index contributed by atoms with van der Waals surface area (Å²) in [5.74, 6) is 0. The fourth-order valence-corrected chi connectivity index (χ4v) is 10.4. The van der Waals surface area contributed by atoms with Gasteiger partial charge in [-0.25, -0.2) is 0 Å². The predicted octanol–water partition coefficient (Wildman–Crippen LogP) is 9.79. The van der Waals surface area contributed by atoms with Crippen LogP contribution in [0.25, 0.3) is 44.2 Å². The number of anilines is 3. The van der Waals surface area contributed by atoms with Crippen LogP contribution in [0.2, 0.25) is 0 Å². The van der Waals surface area contributed by atoms with Crippen molar-refractivity contribution in [2.24, 2.45) is 0 Å². The molecule has 3 nitrogen and oxygen atoms in total. The molecule has 2 aliphatic heterocycles. The van der Waals surface area contributed by atoms with E-state index >= 15 is 0 Å². The van der Waals surface area contributed by atoms with Crippen LogP contribution < -0.4 is 38.1 Å². The van der Waals surface area contributed by atoms with Crippen molar-refractivity contribution >= 4 is 97.4 Å². The molecule has 12 rings (SSSR count). The van der Waals surface area contributed by atoms with Crippen molar-refractivity contribution in [1.29, 1.82) is 0 Å². The van der Waals surface area contributed by atoms with Crippen LogP contribution in [0.4, 0.5) is 17.1 Å². The third kappa shape index (κ3) is 5.18. The van der Waals surface area contributed by atoms with Crippen LogP contribution in [-0.4, -0.2) is 13.4 Å². The van der Waals surface area contributed by atoms with Gasteiger partial charge >= 0.3 is 0 Å². The zero-order chi connectivity index (χ0) is 38.2. The first-order chi connectivity index (χ1) is 28.8. The van der Waals surface area contributed by atoms with E-state index in [9.17, 15) is 0 Å². The van der Waals surface area contributed by atoms with Crippen molar-refractivity contribution in [3.8, 4) is 22.3 Å². The largest absolute Gasteiger partial charge is 0.471 e. The third-order valence-electron chi connectivity index (χ3n) is 11.9. The maximum Gasteiger partial charge on any atom is 0.290 e. The van der Waals surface area contributed by atoms with Crippen LogP contribution in [-0.2, 0) is 0 Å². The van der Waals surface area contributed by atoms with Gasteiger partial charge in [0.2, 0.25) is 0 Å². The molecule has 0 radical (unpaired) electrons. The minimum absolute atomic E-state index is 0.181. The lowest BCUT2D eigenvalue weighted by Crippen LogP contribution is -2.73. The Morgan fingerprint density at radius 1 is 0.397 bits per heavy atom. The number of rotatable bonds is 5. The molecular formula is C52H33B2NO2S. The highest BCUT2D eigenvalue weighted by Gasteiger charge is 2.46. The molecule has 0 saturated heterocycles. The van der Waals surface area contributed by atoms with E-state index < -0.39 is 0 Å². The number of fused-ring (bicyclic) bond motifs is 8. The summed E-state index contributed by atoms with van der Waals surface area (Å²) in [6, 6.07) is 71.8. The van der Waals surface area contributed by atoms with Gasteiger partial charge in [-0.3, -0.25) is 0 Å². The fourth-order valence-electron chi connectivity index (χ4n) is 9.36. The molecule has 0 atom stereocenters. The van der Waals surface area contributed by atoms with Crippen molar-refractivity contribution in [2.45, 2.75) is 9.79 Å². The molecule has 270 valence electrons. The first kappa shape index (κ1) is 33.3. The summed E-state index contributed by atoms with van der Waals surface area (Å²) in [6.07, 6.45) is 0. The summed E-state index contributed by atoms with van der Waals surface area (Å²) in [6.45, 7) is -0.372. The second-order valence-corrected chi connectivity index (χ2v) is 16.2. The van der Waals surface area contributed by atoms with Crippen LogP contribution in [0.15, 0.2) is 219 Å². The van der Waals surface area contributed by atoms with Crippen LogP contribution in [0.5, 0.6) is 0 Å². The summed E-state index contributed by atoms with van der Waals surface area (Å²) in [5.41, 5.74) is 16.6. The number of hydrogen-bond donors (Lipinski definition) is 0. The van der Waals surface area contributed by atoms with E-state index in [-0.39, 0.29) is 13.4 Å². The molecule has 10 aromatic rings. The normalized spacial score (nSPS) is 13.0. The Hall–Kier alpha value is -6.88. The Kier molecular flexibility index (Phi) is 7.67. The van der Waals surface area contributed by atoms with E-state index in [0.29, 0.717) is 0 Å². The number of furan rings is 2. The van der Waals surface area contributed by atoms with Crippen LogP contribution in [0.3, 0.4) is 0 Å². The summed E-state index contributed by atoms with van der Waals surface area (Å²) >= 11 is 1.83. The van der Waals surface area contributed by atoms with E-state index in [1.165, 1.54) is 59.8 Å². The summed E-state index contributed by atoms with van der Waals surface area (Å²) in [7, 11) is 0. The highest BCUT2D eigenvalue weighted by molar-refractivity contribution is 7.99. The standard InChI is InChI=1S/C52H33B2NO2S/c1-3-15-34(16-4-1)39-32-29-37(33-42(39)35-17-5-2-6-18-35)54-50-41-20-8-12-24-46(41)56-51(50)53(49-40-19-7-11-23-45(40)57-52(49)54)36-27-30-38(31-28-36)55-43-21-9-13-25-47(43)58-48-26-14-10-22-44(48)55/h1-33H. The smallest absolute Gasteiger partial charge is 0.290 e. The van der Waals surface area contributed by atoms with Crippen molar-refractivity contribution in [3.63, 3.8) is 0 Å². The molecule has 58 heavy (non-hydrogen) atoms. The van der Waals surface area contributed by atoms with E-state index in [1.54, 1.807) is 0 Å². The minimum Gasteiger partial charge on any atom is -0.471 e. The second-order valence-electron chi connectivity index (χ2n) is 15.1. The van der Waals surface area contributed by atoms with Crippen molar-refractivity contribution < 1.29 is 8.83 Å². The Bertz CT molecular complexity index is 3120. The van der Waals surface area contributed by atoms with Gasteiger partial charge in [0.25, 0.3) is 13.4 Å².